The van der Waals surface area contributed by atoms with Gasteiger partial charge in [-0.25, -0.2) is 4.79 Å². The highest BCUT2D eigenvalue weighted by Crippen LogP contribution is 2.19. The number of benzene rings is 1. The summed E-state index contributed by atoms with van der Waals surface area (Å²) in [6, 6.07) is 5.35. The molecule has 0 spiro atoms. The molecule has 1 aliphatic heterocycles. The highest BCUT2D eigenvalue weighted by molar-refractivity contribution is 5.94. The quantitative estimate of drug-likeness (QED) is 0.118. The Balaban J connectivity index is 2.03. The average molecular weight is 490 g/mol. The topological polar surface area (TPSA) is 206 Å². The Morgan fingerprint density at radius 3 is 2.46 bits per heavy atom. The third-order valence-corrected chi connectivity index (χ3v) is 5.77. The molecule has 1 fully saturated rings. The predicted molar refractivity (Wildman–Crippen MR) is 130 cm³/mol. The summed E-state index contributed by atoms with van der Waals surface area (Å²) in [6.07, 6.45) is 1.92. The van der Waals surface area contributed by atoms with E-state index in [2.05, 4.69) is 15.6 Å². The highest BCUT2D eigenvalue weighted by atomic mass is 16.4. The Kier molecular flexibility index (Phi) is 10.5. The van der Waals surface area contributed by atoms with Crippen molar-refractivity contribution in [2.75, 3.05) is 13.1 Å². The SMILES string of the molecule is CC(NC(=O)C(N)CCCN=C(N)N)C(=O)NC(Cc1ccccc1)C(=O)N1CCCC1C(=O)O. The van der Waals surface area contributed by atoms with Gasteiger partial charge in [-0.15, -0.1) is 0 Å². The standard InChI is InChI=1S/C23H35N7O5/c1-14(28-20(32)16(24)9-5-11-27-23(25)26)19(31)29-17(13-15-7-3-2-4-8-15)21(33)30-12-6-10-18(30)22(34)35/h2-4,7-8,14,16-18H,5-6,9-13,24H2,1H3,(H,28,32)(H,29,31)(H,34,35)(H4,25,26,27). The van der Waals surface area contributed by atoms with E-state index in [0.717, 1.165) is 5.56 Å². The van der Waals surface area contributed by atoms with Crippen molar-refractivity contribution in [2.24, 2.45) is 22.2 Å². The summed E-state index contributed by atoms with van der Waals surface area (Å²) >= 11 is 0. The van der Waals surface area contributed by atoms with Gasteiger partial charge in [0, 0.05) is 19.5 Å². The first-order valence-electron chi connectivity index (χ1n) is 11.6. The zero-order valence-corrected chi connectivity index (χ0v) is 19.9. The molecule has 0 aromatic heterocycles. The van der Waals surface area contributed by atoms with Crippen molar-refractivity contribution in [1.29, 1.82) is 0 Å². The maximum atomic E-state index is 13.3. The number of carbonyl (C=O) groups is 4. The molecule has 35 heavy (non-hydrogen) atoms. The van der Waals surface area contributed by atoms with Gasteiger partial charge in [-0.3, -0.25) is 19.4 Å². The van der Waals surface area contributed by atoms with Gasteiger partial charge in [0.15, 0.2) is 5.96 Å². The van der Waals surface area contributed by atoms with Crippen LogP contribution in [0, 0.1) is 0 Å². The second kappa shape index (κ2) is 13.3. The predicted octanol–water partition coefficient (Wildman–Crippen LogP) is -1.32. The Morgan fingerprint density at radius 1 is 1.14 bits per heavy atom. The molecule has 1 heterocycles. The number of rotatable bonds is 12. The molecule has 12 nitrogen and oxygen atoms in total. The molecule has 192 valence electrons. The van der Waals surface area contributed by atoms with Crippen LogP contribution in [0.4, 0.5) is 0 Å². The lowest BCUT2D eigenvalue weighted by atomic mass is 10.0. The van der Waals surface area contributed by atoms with Crippen LogP contribution in [0.5, 0.6) is 0 Å². The minimum atomic E-state index is -1.07. The number of likely N-dealkylation sites (tertiary alicyclic amines) is 1. The Morgan fingerprint density at radius 2 is 1.83 bits per heavy atom. The van der Waals surface area contributed by atoms with Gasteiger partial charge in [0.25, 0.3) is 0 Å². The van der Waals surface area contributed by atoms with E-state index >= 15 is 0 Å². The summed E-state index contributed by atoms with van der Waals surface area (Å²) in [5.41, 5.74) is 17.2. The number of aliphatic imine (C=N–C) groups is 1. The Bertz CT molecular complexity index is 920. The van der Waals surface area contributed by atoms with E-state index in [4.69, 9.17) is 17.2 Å². The number of amides is 3. The molecule has 2 rings (SSSR count). The molecule has 12 heteroatoms. The van der Waals surface area contributed by atoms with Crippen molar-refractivity contribution >= 4 is 29.7 Å². The number of nitrogens with one attached hydrogen (secondary N) is 2. The molecule has 4 atom stereocenters. The van der Waals surface area contributed by atoms with Crippen LogP contribution in [-0.2, 0) is 25.6 Å². The summed E-state index contributed by atoms with van der Waals surface area (Å²) in [6.45, 7) is 2.12. The molecule has 1 aromatic carbocycles. The fraction of sp³-hybridized carbons (Fsp3) is 0.522. The van der Waals surface area contributed by atoms with Crippen molar-refractivity contribution in [2.45, 2.75) is 63.2 Å². The monoisotopic (exact) mass is 489 g/mol. The lowest BCUT2D eigenvalue weighted by Crippen LogP contribution is -2.57. The van der Waals surface area contributed by atoms with Crippen molar-refractivity contribution in [3.8, 4) is 0 Å². The summed E-state index contributed by atoms with van der Waals surface area (Å²) in [7, 11) is 0. The number of hydrogen-bond donors (Lipinski definition) is 6. The number of carbonyl (C=O) groups excluding carboxylic acids is 3. The fourth-order valence-electron chi connectivity index (χ4n) is 3.87. The van der Waals surface area contributed by atoms with Crippen LogP contribution in [0.25, 0.3) is 0 Å². The minimum Gasteiger partial charge on any atom is -0.480 e. The van der Waals surface area contributed by atoms with Gasteiger partial charge < -0.3 is 37.8 Å². The minimum absolute atomic E-state index is 0.0449. The van der Waals surface area contributed by atoms with Crippen LogP contribution in [0.3, 0.4) is 0 Å². The largest absolute Gasteiger partial charge is 0.480 e. The maximum Gasteiger partial charge on any atom is 0.326 e. The molecule has 0 radical (unpaired) electrons. The first-order valence-corrected chi connectivity index (χ1v) is 11.6. The maximum absolute atomic E-state index is 13.3. The average Bonchev–Trinajstić information content (AvgIpc) is 3.31. The van der Waals surface area contributed by atoms with Crippen LogP contribution in [0.2, 0.25) is 0 Å². The van der Waals surface area contributed by atoms with E-state index in [1.807, 2.05) is 30.3 Å². The molecular formula is C23H35N7O5. The van der Waals surface area contributed by atoms with E-state index < -0.39 is 47.9 Å². The lowest BCUT2D eigenvalue weighted by Gasteiger charge is -2.28. The Labute approximate surface area is 204 Å². The molecule has 0 bridgehead atoms. The molecule has 1 saturated heterocycles. The van der Waals surface area contributed by atoms with Gasteiger partial charge in [-0.1, -0.05) is 30.3 Å². The second-order valence-electron chi connectivity index (χ2n) is 8.56. The zero-order valence-electron chi connectivity index (χ0n) is 19.9. The van der Waals surface area contributed by atoms with E-state index in [0.29, 0.717) is 38.8 Å². The number of carboxylic acids is 1. The van der Waals surface area contributed by atoms with Crippen molar-refractivity contribution in [3.63, 3.8) is 0 Å². The smallest absolute Gasteiger partial charge is 0.326 e. The van der Waals surface area contributed by atoms with Gasteiger partial charge >= 0.3 is 5.97 Å². The molecule has 0 aliphatic carbocycles. The number of hydrogen-bond acceptors (Lipinski definition) is 6. The normalized spacial score (nSPS) is 17.7. The first kappa shape index (κ1) is 27.6. The van der Waals surface area contributed by atoms with E-state index in [1.54, 1.807) is 0 Å². The highest BCUT2D eigenvalue weighted by Gasteiger charge is 2.38. The summed E-state index contributed by atoms with van der Waals surface area (Å²) in [4.78, 5) is 55.2. The third-order valence-electron chi connectivity index (χ3n) is 5.77. The van der Waals surface area contributed by atoms with E-state index in [1.165, 1.54) is 11.8 Å². The van der Waals surface area contributed by atoms with Crippen LogP contribution in [-0.4, -0.2) is 76.9 Å². The van der Waals surface area contributed by atoms with Crippen LogP contribution in [0.15, 0.2) is 35.3 Å². The van der Waals surface area contributed by atoms with Crippen molar-refractivity contribution in [1.82, 2.24) is 15.5 Å². The molecule has 0 saturated carbocycles. The first-order chi connectivity index (χ1) is 16.6. The van der Waals surface area contributed by atoms with Gasteiger partial charge in [0.05, 0.1) is 6.04 Å². The molecular weight excluding hydrogens is 454 g/mol. The van der Waals surface area contributed by atoms with Crippen molar-refractivity contribution in [3.05, 3.63) is 35.9 Å². The summed E-state index contributed by atoms with van der Waals surface area (Å²) in [5.74, 6) is -2.69. The number of carboxylic acid groups (broad SMARTS) is 1. The molecule has 4 unspecified atom stereocenters. The fourth-order valence-corrected chi connectivity index (χ4v) is 3.87. The second-order valence-corrected chi connectivity index (χ2v) is 8.56. The van der Waals surface area contributed by atoms with Gasteiger partial charge in [-0.05, 0) is 38.2 Å². The summed E-state index contributed by atoms with van der Waals surface area (Å²) < 4.78 is 0. The molecule has 1 aromatic rings. The van der Waals surface area contributed by atoms with Gasteiger partial charge in [0.1, 0.15) is 18.1 Å². The van der Waals surface area contributed by atoms with Gasteiger partial charge in [-0.2, -0.15) is 0 Å². The number of aliphatic carboxylic acids is 1. The van der Waals surface area contributed by atoms with Crippen LogP contribution >= 0.6 is 0 Å². The Hall–Kier alpha value is -3.67. The van der Waals surface area contributed by atoms with Crippen LogP contribution in [0.1, 0.15) is 38.2 Å². The number of nitrogens with two attached hydrogens (primary N) is 3. The van der Waals surface area contributed by atoms with E-state index in [-0.39, 0.29) is 12.4 Å². The number of guanidine groups is 1. The van der Waals surface area contributed by atoms with E-state index in [9.17, 15) is 24.3 Å². The number of nitrogens with zero attached hydrogens (tertiary/aromatic N) is 2. The molecule has 1 aliphatic rings. The molecule has 3 amide bonds. The summed E-state index contributed by atoms with van der Waals surface area (Å²) in [5, 5.41) is 14.7. The third kappa shape index (κ3) is 8.56. The lowest BCUT2D eigenvalue weighted by molar-refractivity contribution is -0.149. The molecule has 9 N–H and O–H groups in total. The van der Waals surface area contributed by atoms with Crippen LogP contribution < -0.4 is 27.8 Å². The zero-order chi connectivity index (χ0) is 26.0. The van der Waals surface area contributed by atoms with Crippen molar-refractivity contribution < 1.29 is 24.3 Å². The van der Waals surface area contributed by atoms with Gasteiger partial charge in [0.2, 0.25) is 17.7 Å².